The van der Waals surface area contributed by atoms with E-state index >= 15 is 0 Å². The zero-order valence-electron chi connectivity index (χ0n) is 19.0. The van der Waals surface area contributed by atoms with Gasteiger partial charge in [-0.15, -0.1) is 0 Å². The number of anilines is 1. The molecule has 3 N–H and O–H groups in total. The van der Waals surface area contributed by atoms with Gasteiger partial charge in [0.15, 0.2) is 11.5 Å². The Morgan fingerprint density at radius 2 is 2.09 bits per heavy atom. The summed E-state index contributed by atoms with van der Waals surface area (Å²) in [5, 5.41) is 8.56. The normalized spacial score (nSPS) is 21.8. The first kappa shape index (κ1) is 23.4. The van der Waals surface area contributed by atoms with Crippen molar-refractivity contribution in [3.8, 4) is 5.75 Å². The minimum absolute atomic E-state index is 0.00258. The van der Waals surface area contributed by atoms with Crippen molar-refractivity contribution in [3.63, 3.8) is 0 Å². The molecule has 1 saturated heterocycles. The van der Waals surface area contributed by atoms with E-state index in [9.17, 15) is 9.36 Å². The van der Waals surface area contributed by atoms with Gasteiger partial charge in [-0.05, 0) is 23.8 Å². The molecule has 0 bridgehead atoms. The third-order valence-corrected chi connectivity index (χ3v) is 7.40. The molecule has 12 heteroatoms. The van der Waals surface area contributed by atoms with Crippen LogP contribution >= 0.6 is 7.75 Å². The van der Waals surface area contributed by atoms with Gasteiger partial charge in [-0.3, -0.25) is 4.52 Å². The Balaban J connectivity index is 1.31. The summed E-state index contributed by atoms with van der Waals surface area (Å²) in [6.07, 6.45) is 3.63. The lowest BCUT2D eigenvalue weighted by molar-refractivity contribution is -0.107. The maximum Gasteiger partial charge on any atom is 0.459 e. The lowest BCUT2D eigenvalue weighted by Gasteiger charge is -2.22. The SMILES string of the molecule is CC1CC(COP(=O)(NCC=O)Oc2cccc3ccccc23)OC1c1cnc2c(N)ncnn12. The fourth-order valence-corrected chi connectivity index (χ4v) is 5.58. The van der Waals surface area contributed by atoms with E-state index in [4.69, 9.17) is 19.5 Å². The number of hydrogen-bond acceptors (Lipinski definition) is 9. The second-order valence-electron chi connectivity index (χ2n) is 8.35. The molecule has 0 saturated carbocycles. The van der Waals surface area contributed by atoms with Crippen molar-refractivity contribution in [2.45, 2.75) is 25.6 Å². The summed E-state index contributed by atoms with van der Waals surface area (Å²) in [7, 11) is -3.88. The number of aldehydes is 1. The Hall–Kier alpha value is -3.37. The lowest BCUT2D eigenvalue weighted by Crippen LogP contribution is -2.23. The largest absolute Gasteiger partial charge is 0.459 e. The summed E-state index contributed by atoms with van der Waals surface area (Å²) in [5.41, 5.74) is 7.10. The van der Waals surface area contributed by atoms with E-state index < -0.39 is 7.75 Å². The summed E-state index contributed by atoms with van der Waals surface area (Å²) in [5.74, 6) is 0.789. The van der Waals surface area contributed by atoms with Gasteiger partial charge in [0.2, 0.25) is 0 Å². The van der Waals surface area contributed by atoms with Crippen molar-refractivity contribution < 1.29 is 23.1 Å². The maximum atomic E-state index is 13.5. The number of carbonyl (C=O) groups excluding carboxylic acids is 1. The number of benzene rings is 2. The molecule has 0 spiro atoms. The number of nitrogens with zero attached hydrogens (tertiary/aromatic N) is 4. The summed E-state index contributed by atoms with van der Waals surface area (Å²) >= 11 is 0. The molecule has 4 unspecified atom stereocenters. The Bertz CT molecular complexity index is 1410. The van der Waals surface area contributed by atoms with Crippen LogP contribution in [0.1, 0.15) is 25.1 Å². The molecule has 0 radical (unpaired) electrons. The zero-order valence-corrected chi connectivity index (χ0v) is 19.9. The Labute approximate surface area is 201 Å². The van der Waals surface area contributed by atoms with E-state index in [1.807, 2.05) is 37.3 Å². The highest BCUT2D eigenvalue weighted by Gasteiger charge is 2.38. The van der Waals surface area contributed by atoms with E-state index in [1.54, 1.807) is 22.8 Å². The molecule has 2 aromatic carbocycles. The van der Waals surface area contributed by atoms with Crippen LogP contribution < -0.4 is 15.3 Å². The number of carbonyl (C=O) groups is 1. The molecule has 11 nitrogen and oxygen atoms in total. The van der Waals surface area contributed by atoms with Crippen LogP contribution in [0.4, 0.5) is 5.82 Å². The number of nitrogen functional groups attached to an aromatic ring is 1. The van der Waals surface area contributed by atoms with Gasteiger partial charge in [-0.1, -0.05) is 43.3 Å². The fourth-order valence-electron chi connectivity index (χ4n) is 4.29. The van der Waals surface area contributed by atoms with Crippen LogP contribution in [0.3, 0.4) is 0 Å². The van der Waals surface area contributed by atoms with Crippen LogP contribution in [0, 0.1) is 5.92 Å². The van der Waals surface area contributed by atoms with Gasteiger partial charge in [-0.25, -0.2) is 24.1 Å². The topological polar surface area (TPSA) is 143 Å². The van der Waals surface area contributed by atoms with E-state index in [0.717, 1.165) is 16.5 Å². The first-order chi connectivity index (χ1) is 17.0. The molecular weight excluding hydrogens is 471 g/mol. The molecule has 1 fully saturated rings. The molecule has 2 aromatic heterocycles. The Morgan fingerprint density at radius 1 is 1.26 bits per heavy atom. The molecule has 0 aliphatic carbocycles. The monoisotopic (exact) mass is 496 g/mol. The van der Waals surface area contributed by atoms with Crippen LogP contribution in [-0.2, 0) is 18.6 Å². The third kappa shape index (κ3) is 4.76. The summed E-state index contributed by atoms with van der Waals surface area (Å²) in [6.45, 7) is 1.86. The number of ether oxygens (including phenoxy) is 1. The summed E-state index contributed by atoms with van der Waals surface area (Å²) in [4.78, 5) is 19.2. The molecule has 0 amide bonds. The minimum Gasteiger partial charge on any atom is -0.413 e. The van der Waals surface area contributed by atoms with Gasteiger partial charge in [-0.2, -0.15) is 5.10 Å². The number of nitrogens with one attached hydrogen (secondary N) is 1. The summed E-state index contributed by atoms with van der Waals surface area (Å²) < 4.78 is 33.0. The molecule has 1 aliphatic rings. The number of rotatable bonds is 9. The van der Waals surface area contributed by atoms with Gasteiger partial charge in [0.05, 0.1) is 31.1 Å². The second-order valence-corrected chi connectivity index (χ2v) is 10.1. The van der Waals surface area contributed by atoms with Crippen LogP contribution in [0.25, 0.3) is 16.4 Å². The first-order valence-corrected chi connectivity index (χ1v) is 12.7. The average Bonchev–Trinajstić information content (AvgIpc) is 3.46. The standard InChI is InChI=1S/C23H25N6O5P/c1-15-11-17(33-21(15)19-12-25-23-22(24)26-14-27-29(19)23)13-32-35(31,28-9-10-30)34-20-8-4-6-16-5-2-3-7-18(16)20/h2-8,10,12,14-15,17,21H,9,11,13H2,1H3,(H,28,31)(H2,24,26,27). The second kappa shape index (κ2) is 9.71. The van der Waals surface area contributed by atoms with Crippen LogP contribution in [0.2, 0.25) is 0 Å². The predicted molar refractivity (Wildman–Crippen MR) is 129 cm³/mol. The number of hydrogen-bond donors (Lipinski definition) is 2. The van der Waals surface area contributed by atoms with Crippen molar-refractivity contribution in [3.05, 3.63) is 60.7 Å². The highest BCUT2D eigenvalue weighted by Crippen LogP contribution is 2.47. The van der Waals surface area contributed by atoms with Crippen molar-refractivity contribution >= 4 is 36.3 Å². The number of imidazole rings is 1. The Kier molecular flexibility index (Phi) is 6.48. The van der Waals surface area contributed by atoms with Crippen molar-refractivity contribution in [1.29, 1.82) is 0 Å². The zero-order chi connectivity index (χ0) is 24.4. The average molecular weight is 496 g/mol. The van der Waals surface area contributed by atoms with Crippen molar-refractivity contribution in [2.24, 2.45) is 5.92 Å². The first-order valence-electron chi connectivity index (χ1n) is 11.2. The van der Waals surface area contributed by atoms with Gasteiger partial charge >= 0.3 is 7.75 Å². The van der Waals surface area contributed by atoms with Gasteiger partial charge in [0, 0.05) is 5.39 Å². The van der Waals surface area contributed by atoms with Crippen LogP contribution in [0.5, 0.6) is 5.75 Å². The molecule has 4 atom stereocenters. The third-order valence-electron chi connectivity index (χ3n) is 5.91. The van der Waals surface area contributed by atoms with E-state index in [0.29, 0.717) is 24.1 Å². The van der Waals surface area contributed by atoms with Crippen molar-refractivity contribution in [1.82, 2.24) is 24.7 Å². The fraction of sp³-hybridized carbons (Fsp3) is 0.304. The smallest absolute Gasteiger partial charge is 0.413 e. The van der Waals surface area contributed by atoms with Gasteiger partial charge in [0.25, 0.3) is 0 Å². The van der Waals surface area contributed by atoms with E-state index in [1.165, 1.54) is 6.33 Å². The molecule has 3 heterocycles. The predicted octanol–water partition coefficient (Wildman–Crippen LogP) is 3.32. The van der Waals surface area contributed by atoms with Gasteiger partial charge < -0.3 is 19.8 Å². The van der Waals surface area contributed by atoms with Crippen molar-refractivity contribution in [2.75, 3.05) is 18.9 Å². The quantitative estimate of drug-likeness (QED) is 0.262. The molecule has 182 valence electrons. The molecule has 35 heavy (non-hydrogen) atoms. The van der Waals surface area contributed by atoms with Gasteiger partial charge in [0.1, 0.15) is 24.5 Å². The molecular formula is C23H25N6O5P. The molecule has 1 aliphatic heterocycles. The summed E-state index contributed by atoms with van der Waals surface area (Å²) in [6, 6.07) is 13.0. The van der Waals surface area contributed by atoms with E-state index in [2.05, 4.69) is 20.2 Å². The number of fused-ring (bicyclic) bond motifs is 2. The van der Waals surface area contributed by atoms with Crippen LogP contribution in [-0.4, -0.2) is 45.1 Å². The highest BCUT2D eigenvalue weighted by molar-refractivity contribution is 7.52. The lowest BCUT2D eigenvalue weighted by atomic mass is 10.00. The molecule has 4 aromatic rings. The number of nitrogens with two attached hydrogens (primary N) is 1. The van der Waals surface area contributed by atoms with E-state index in [-0.39, 0.29) is 37.1 Å². The maximum absolute atomic E-state index is 13.5. The Morgan fingerprint density at radius 3 is 2.94 bits per heavy atom. The van der Waals surface area contributed by atoms with Crippen LogP contribution in [0.15, 0.2) is 55.0 Å². The minimum atomic E-state index is -3.88. The number of aromatic nitrogens is 4. The highest BCUT2D eigenvalue weighted by atomic mass is 31.2. The molecule has 5 rings (SSSR count).